The van der Waals surface area contributed by atoms with E-state index in [0.717, 1.165) is 12.8 Å². The molecule has 0 atom stereocenters. The predicted octanol–water partition coefficient (Wildman–Crippen LogP) is 1.85. The van der Waals surface area contributed by atoms with Crippen molar-refractivity contribution >= 4 is 17.6 Å². The number of nitrogens with zero attached hydrogens (tertiary/aromatic N) is 1. The maximum Gasteiger partial charge on any atom is 0.319 e. The highest BCUT2D eigenvalue weighted by Crippen LogP contribution is 2.17. The first-order chi connectivity index (χ1) is 9.19. The Hall–Kier alpha value is -2.24. The summed E-state index contributed by atoms with van der Waals surface area (Å²) in [4.78, 5) is 11.7. The molecule has 1 aromatic carbocycles. The van der Waals surface area contributed by atoms with Crippen molar-refractivity contribution in [3.8, 4) is 0 Å². The molecule has 0 spiro atoms. The second kappa shape index (κ2) is 6.08. The van der Waals surface area contributed by atoms with Gasteiger partial charge in [0.25, 0.3) is 0 Å². The normalized spacial score (nSPS) is 16.3. The molecule has 102 valence electrons. The van der Waals surface area contributed by atoms with Crippen LogP contribution in [0.5, 0.6) is 0 Å². The van der Waals surface area contributed by atoms with Gasteiger partial charge in [-0.3, -0.25) is 0 Å². The lowest BCUT2D eigenvalue weighted by Crippen LogP contribution is -2.36. The zero-order chi connectivity index (χ0) is 13.7. The van der Waals surface area contributed by atoms with E-state index in [1.807, 2.05) is 0 Å². The maximum absolute atomic E-state index is 11.7. The number of anilines is 1. The van der Waals surface area contributed by atoms with Gasteiger partial charge in [-0.25, -0.2) is 4.79 Å². The third-order valence-electron chi connectivity index (χ3n) is 3.24. The highest BCUT2D eigenvalue weighted by Gasteiger charge is 2.16. The third kappa shape index (κ3) is 3.61. The first-order valence-corrected chi connectivity index (χ1v) is 6.34. The number of amidine groups is 1. The molecule has 2 amide bonds. The summed E-state index contributed by atoms with van der Waals surface area (Å²) < 4.78 is 0. The standard InChI is InChI=1S/C13H18N4O2/c14-12(17-19)9-5-7-11(8-6-9)16-13(18)15-10-3-1-2-4-10/h5-8,10,19H,1-4H2,(H2,14,17)(H2,15,16,18). The van der Waals surface area contributed by atoms with Gasteiger partial charge in [-0.1, -0.05) is 18.0 Å². The Morgan fingerprint density at radius 3 is 2.47 bits per heavy atom. The quantitative estimate of drug-likeness (QED) is 0.289. The van der Waals surface area contributed by atoms with Crippen LogP contribution in [0.4, 0.5) is 10.5 Å². The molecule has 0 bridgehead atoms. The Kier molecular flexibility index (Phi) is 4.22. The van der Waals surface area contributed by atoms with Gasteiger partial charge >= 0.3 is 6.03 Å². The van der Waals surface area contributed by atoms with E-state index in [1.54, 1.807) is 24.3 Å². The summed E-state index contributed by atoms with van der Waals surface area (Å²) in [7, 11) is 0. The fourth-order valence-electron chi connectivity index (χ4n) is 2.20. The van der Waals surface area contributed by atoms with E-state index in [4.69, 9.17) is 10.9 Å². The van der Waals surface area contributed by atoms with E-state index in [9.17, 15) is 4.79 Å². The molecule has 2 rings (SSSR count). The molecule has 0 aliphatic heterocycles. The van der Waals surface area contributed by atoms with E-state index in [-0.39, 0.29) is 17.9 Å². The Labute approximate surface area is 111 Å². The minimum absolute atomic E-state index is 0.0435. The van der Waals surface area contributed by atoms with Crippen LogP contribution in [0.2, 0.25) is 0 Å². The van der Waals surface area contributed by atoms with Gasteiger partial charge in [-0.15, -0.1) is 0 Å². The van der Waals surface area contributed by atoms with Crippen LogP contribution in [0.3, 0.4) is 0 Å². The van der Waals surface area contributed by atoms with Gasteiger partial charge in [-0.05, 0) is 37.1 Å². The molecule has 6 heteroatoms. The summed E-state index contributed by atoms with van der Waals surface area (Å²) in [5.41, 5.74) is 6.73. The largest absolute Gasteiger partial charge is 0.409 e. The fourth-order valence-corrected chi connectivity index (χ4v) is 2.20. The number of oxime groups is 1. The minimum atomic E-state index is -0.191. The molecule has 1 aromatic rings. The molecule has 1 aliphatic carbocycles. The first kappa shape index (κ1) is 13.2. The van der Waals surface area contributed by atoms with Crippen LogP contribution < -0.4 is 16.4 Å². The average Bonchev–Trinajstić information content (AvgIpc) is 2.91. The second-order valence-corrected chi connectivity index (χ2v) is 4.64. The minimum Gasteiger partial charge on any atom is -0.409 e. The number of nitrogens with two attached hydrogens (primary N) is 1. The number of urea groups is 1. The molecule has 0 unspecified atom stereocenters. The monoisotopic (exact) mass is 262 g/mol. The van der Waals surface area contributed by atoms with Crippen LogP contribution in [0.1, 0.15) is 31.2 Å². The van der Waals surface area contributed by atoms with Gasteiger partial charge in [0.2, 0.25) is 0 Å². The van der Waals surface area contributed by atoms with Crippen molar-refractivity contribution < 1.29 is 10.0 Å². The van der Waals surface area contributed by atoms with E-state index in [0.29, 0.717) is 11.3 Å². The van der Waals surface area contributed by atoms with Crippen LogP contribution >= 0.6 is 0 Å². The van der Waals surface area contributed by atoms with Crippen molar-refractivity contribution in [2.75, 3.05) is 5.32 Å². The molecule has 1 fully saturated rings. The molecule has 6 nitrogen and oxygen atoms in total. The lowest BCUT2D eigenvalue weighted by molar-refractivity contribution is 0.248. The van der Waals surface area contributed by atoms with Crippen LogP contribution in [-0.2, 0) is 0 Å². The maximum atomic E-state index is 11.7. The zero-order valence-corrected chi connectivity index (χ0v) is 10.6. The van der Waals surface area contributed by atoms with Gasteiger partial charge in [0, 0.05) is 17.3 Å². The molecule has 0 aromatic heterocycles. The summed E-state index contributed by atoms with van der Waals surface area (Å²) in [5, 5.41) is 17.2. The van der Waals surface area contributed by atoms with Crippen LogP contribution in [0.25, 0.3) is 0 Å². The average molecular weight is 262 g/mol. The number of hydrogen-bond acceptors (Lipinski definition) is 3. The molecule has 0 heterocycles. The van der Waals surface area contributed by atoms with Crippen molar-refractivity contribution in [3.05, 3.63) is 29.8 Å². The lowest BCUT2D eigenvalue weighted by atomic mass is 10.2. The number of rotatable bonds is 3. The lowest BCUT2D eigenvalue weighted by Gasteiger charge is -2.13. The summed E-state index contributed by atoms with van der Waals surface area (Å²) in [6, 6.07) is 6.88. The Morgan fingerprint density at radius 2 is 1.89 bits per heavy atom. The number of nitrogens with one attached hydrogen (secondary N) is 2. The van der Waals surface area contributed by atoms with Crippen molar-refractivity contribution in [3.63, 3.8) is 0 Å². The molecule has 5 N–H and O–H groups in total. The van der Waals surface area contributed by atoms with E-state index in [1.165, 1.54) is 12.8 Å². The molecule has 19 heavy (non-hydrogen) atoms. The molecule has 0 saturated heterocycles. The van der Waals surface area contributed by atoms with Gasteiger partial charge in [0.15, 0.2) is 5.84 Å². The van der Waals surface area contributed by atoms with Gasteiger partial charge in [-0.2, -0.15) is 0 Å². The zero-order valence-electron chi connectivity index (χ0n) is 10.6. The summed E-state index contributed by atoms with van der Waals surface area (Å²) in [6.45, 7) is 0. The number of carbonyl (C=O) groups is 1. The Morgan fingerprint density at radius 1 is 1.26 bits per heavy atom. The SMILES string of the molecule is NC(=NO)c1ccc(NC(=O)NC2CCCC2)cc1. The highest BCUT2D eigenvalue weighted by atomic mass is 16.4. The summed E-state index contributed by atoms with van der Waals surface area (Å²) in [6.07, 6.45) is 4.46. The molecular weight excluding hydrogens is 244 g/mol. The highest BCUT2D eigenvalue weighted by molar-refractivity contribution is 5.97. The van der Waals surface area contributed by atoms with E-state index in [2.05, 4.69) is 15.8 Å². The first-order valence-electron chi connectivity index (χ1n) is 6.34. The van der Waals surface area contributed by atoms with Gasteiger partial charge < -0.3 is 21.6 Å². The molecular formula is C13H18N4O2. The molecule has 1 saturated carbocycles. The molecule has 1 aliphatic rings. The van der Waals surface area contributed by atoms with E-state index >= 15 is 0 Å². The fraction of sp³-hybridized carbons (Fsp3) is 0.385. The second-order valence-electron chi connectivity index (χ2n) is 4.64. The van der Waals surface area contributed by atoms with Crippen molar-refractivity contribution in [1.29, 1.82) is 0 Å². The van der Waals surface area contributed by atoms with Crippen molar-refractivity contribution in [1.82, 2.24) is 5.32 Å². The Bertz CT molecular complexity index is 464. The summed E-state index contributed by atoms with van der Waals surface area (Å²) >= 11 is 0. The third-order valence-corrected chi connectivity index (χ3v) is 3.24. The van der Waals surface area contributed by atoms with Crippen molar-refractivity contribution in [2.45, 2.75) is 31.7 Å². The van der Waals surface area contributed by atoms with Crippen LogP contribution in [0.15, 0.2) is 29.4 Å². The van der Waals surface area contributed by atoms with Crippen molar-refractivity contribution in [2.24, 2.45) is 10.9 Å². The smallest absolute Gasteiger partial charge is 0.319 e. The molecule has 0 radical (unpaired) electrons. The van der Waals surface area contributed by atoms with Gasteiger partial charge in [0.05, 0.1) is 0 Å². The number of benzene rings is 1. The van der Waals surface area contributed by atoms with E-state index < -0.39 is 0 Å². The predicted molar refractivity (Wildman–Crippen MR) is 73.4 cm³/mol. The van der Waals surface area contributed by atoms with Crippen LogP contribution in [0, 0.1) is 0 Å². The topological polar surface area (TPSA) is 99.7 Å². The van der Waals surface area contributed by atoms with Crippen LogP contribution in [-0.4, -0.2) is 23.1 Å². The van der Waals surface area contributed by atoms with Gasteiger partial charge in [0.1, 0.15) is 0 Å². The number of hydrogen-bond donors (Lipinski definition) is 4. The number of amides is 2. The number of carbonyl (C=O) groups excluding carboxylic acids is 1. The Balaban J connectivity index is 1.90. The summed E-state index contributed by atoms with van der Waals surface area (Å²) in [5.74, 6) is 0.0435.